The Kier molecular flexibility index (Phi) is 7.44. The Morgan fingerprint density at radius 1 is 1.03 bits per heavy atom. The maximum absolute atomic E-state index is 13.2. The van der Waals surface area contributed by atoms with Crippen LogP contribution in [-0.2, 0) is 11.3 Å². The third kappa shape index (κ3) is 5.94. The summed E-state index contributed by atoms with van der Waals surface area (Å²) in [5.41, 5.74) is 4.10. The van der Waals surface area contributed by atoms with E-state index in [-0.39, 0.29) is 5.91 Å². The van der Waals surface area contributed by atoms with Gasteiger partial charge in [-0.15, -0.1) is 5.10 Å². The molecule has 172 valence electrons. The minimum absolute atomic E-state index is 0.119. The average Bonchev–Trinajstić information content (AvgIpc) is 3.44. The SMILES string of the molecule is CC(/C=C1\S/C(=N\N=C\c2ccc(N(C)C)cc2)N(Cc2ccco2)C1=O)=C\c1ccccc1. The van der Waals surface area contributed by atoms with Gasteiger partial charge in [-0.2, -0.15) is 5.10 Å². The second-order valence-electron chi connectivity index (χ2n) is 7.99. The van der Waals surface area contributed by atoms with E-state index in [0.717, 1.165) is 22.4 Å². The molecule has 0 aliphatic carbocycles. The number of thioether (sulfide) groups is 1. The van der Waals surface area contributed by atoms with E-state index >= 15 is 0 Å². The maximum atomic E-state index is 13.2. The highest BCUT2D eigenvalue weighted by Gasteiger charge is 2.34. The van der Waals surface area contributed by atoms with Crippen molar-refractivity contribution in [3.8, 4) is 0 Å². The van der Waals surface area contributed by atoms with Gasteiger partial charge in [-0.3, -0.25) is 9.69 Å². The summed E-state index contributed by atoms with van der Waals surface area (Å²) in [4.78, 5) is 17.4. The lowest BCUT2D eigenvalue weighted by Crippen LogP contribution is -2.28. The Bertz CT molecular complexity index is 1240. The molecule has 1 aromatic heterocycles. The van der Waals surface area contributed by atoms with E-state index in [0.29, 0.717) is 22.4 Å². The van der Waals surface area contributed by atoms with Crippen LogP contribution in [0.3, 0.4) is 0 Å². The van der Waals surface area contributed by atoms with Crippen LogP contribution in [0.5, 0.6) is 0 Å². The van der Waals surface area contributed by atoms with E-state index in [2.05, 4.69) is 10.2 Å². The molecular formula is C27H26N4O2S. The largest absolute Gasteiger partial charge is 0.467 e. The smallest absolute Gasteiger partial charge is 0.267 e. The van der Waals surface area contributed by atoms with Crippen molar-refractivity contribution in [3.63, 3.8) is 0 Å². The second-order valence-corrected chi connectivity index (χ2v) is 9.00. The molecule has 2 aromatic carbocycles. The molecule has 1 saturated heterocycles. The molecule has 1 aliphatic rings. The number of furan rings is 1. The molecule has 0 radical (unpaired) electrons. The highest BCUT2D eigenvalue weighted by atomic mass is 32.2. The van der Waals surface area contributed by atoms with Crippen molar-refractivity contribution in [3.05, 3.63) is 106 Å². The maximum Gasteiger partial charge on any atom is 0.267 e. The molecule has 0 saturated carbocycles. The molecule has 1 fully saturated rings. The zero-order chi connectivity index (χ0) is 23.9. The fourth-order valence-corrected chi connectivity index (χ4v) is 4.33. The number of rotatable bonds is 7. The van der Waals surface area contributed by atoms with Crippen LogP contribution in [0, 0.1) is 0 Å². The fraction of sp³-hybridized carbons (Fsp3) is 0.148. The fourth-order valence-electron chi connectivity index (χ4n) is 3.34. The van der Waals surface area contributed by atoms with Crippen LogP contribution in [0.25, 0.3) is 6.08 Å². The van der Waals surface area contributed by atoms with E-state index in [1.165, 1.54) is 11.8 Å². The highest BCUT2D eigenvalue weighted by molar-refractivity contribution is 8.18. The first-order valence-electron chi connectivity index (χ1n) is 10.8. The van der Waals surface area contributed by atoms with Crippen molar-refractivity contribution in [2.75, 3.05) is 19.0 Å². The monoisotopic (exact) mass is 470 g/mol. The van der Waals surface area contributed by atoms with Gasteiger partial charge in [-0.05, 0) is 65.7 Å². The number of hydrogen-bond acceptors (Lipinski definition) is 6. The highest BCUT2D eigenvalue weighted by Crippen LogP contribution is 2.33. The number of hydrogen-bond donors (Lipinski definition) is 0. The number of allylic oxidation sites excluding steroid dienone is 2. The summed E-state index contributed by atoms with van der Waals surface area (Å²) in [7, 11) is 4.00. The van der Waals surface area contributed by atoms with Crippen LogP contribution < -0.4 is 4.90 Å². The number of carbonyl (C=O) groups excluding carboxylic acids is 1. The molecule has 1 aliphatic heterocycles. The summed E-state index contributed by atoms with van der Waals surface area (Å²) in [5, 5.41) is 9.14. The quantitative estimate of drug-likeness (QED) is 0.249. The van der Waals surface area contributed by atoms with Gasteiger partial charge in [0.1, 0.15) is 5.76 Å². The van der Waals surface area contributed by atoms with Gasteiger partial charge in [0, 0.05) is 19.8 Å². The predicted molar refractivity (Wildman–Crippen MR) is 141 cm³/mol. The molecule has 3 aromatic rings. The van der Waals surface area contributed by atoms with Gasteiger partial charge in [-0.25, -0.2) is 0 Å². The van der Waals surface area contributed by atoms with Gasteiger partial charge in [0.25, 0.3) is 5.91 Å². The van der Waals surface area contributed by atoms with E-state index in [4.69, 9.17) is 4.42 Å². The van der Waals surface area contributed by atoms with Crippen molar-refractivity contribution in [2.24, 2.45) is 10.2 Å². The summed E-state index contributed by atoms with van der Waals surface area (Å²) in [5.74, 6) is 0.564. The molecule has 0 unspecified atom stereocenters. The summed E-state index contributed by atoms with van der Waals surface area (Å²) in [6.07, 6.45) is 7.22. The van der Waals surface area contributed by atoms with Gasteiger partial charge in [0.2, 0.25) is 0 Å². The molecule has 4 rings (SSSR count). The number of nitrogens with zero attached hydrogens (tertiary/aromatic N) is 4. The van der Waals surface area contributed by atoms with Gasteiger partial charge in [0.15, 0.2) is 5.17 Å². The van der Waals surface area contributed by atoms with Crippen molar-refractivity contribution >= 4 is 40.8 Å². The Morgan fingerprint density at radius 3 is 2.47 bits per heavy atom. The van der Waals surface area contributed by atoms with E-state index in [9.17, 15) is 4.79 Å². The number of benzene rings is 2. The summed E-state index contributed by atoms with van der Waals surface area (Å²) < 4.78 is 5.46. The van der Waals surface area contributed by atoms with Crippen LogP contribution in [0.2, 0.25) is 0 Å². The van der Waals surface area contributed by atoms with Gasteiger partial charge in [0.05, 0.1) is 23.9 Å². The average molecular weight is 471 g/mol. The minimum Gasteiger partial charge on any atom is -0.467 e. The third-order valence-electron chi connectivity index (χ3n) is 5.09. The third-order valence-corrected chi connectivity index (χ3v) is 6.09. The number of carbonyl (C=O) groups is 1. The molecule has 0 N–H and O–H groups in total. The number of anilines is 1. The summed E-state index contributed by atoms with van der Waals surface area (Å²) >= 11 is 1.31. The summed E-state index contributed by atoms with van der Waals surface area (Å²) in [6.45, 7) is 2.28. The molecule has 0 atom stereocenters. The standard InChI is InChI=1S/C27H26N4O2S/c1-20(16-21-8-5-4-6-9-21)17-25-26(32)31(19-24-10-7-15-33-24)27(34-25)29-28-18-22-11-13-23(14-12-22)30(2)3/h4-18H,19H2,1-3H3/b20-16+,25-17-,28-18+,29-27-. The van der Waals surface area contributed by atoms with Crippen molar-refractivity contribution in [1.29, 1.82) is 0 Å². The summed E-state index contributed by atoms with van der Waals surface area (Å²) in [6, 6.07) is 21.7. The molecule has 0 bridgehead atoms. The second kappa shape index (κ2) is 10.9. The van der Waals surface area contributed by atoms with Crippen molar-refractivity contribution in [1.82, 2.24) is 4.90 Å². The molecule has 6 nitrogen and oxygen atoms in total. The first kappa shape index (κ1) is 23.3. The zero-order valence-electron chi connectivity index (χ0n) is 19.4. The van der Waals surface area contributed by atoms with Crippen molar-refractivity contribution < 1.29 is 9.21 Å². The Balaban J connectivity index is 1.57. The van der Waals surface area contributed by atoms with Crippen LogP contribution in [-0.4, -0.2) is 36.3 Å². The predicted octanol–water partition coefficient (Wildman–Crippen LogP) is 5.80. The Hall–Kier alpha value is -3.84. The molecule has 1 amide bonds. The van der Waals surface area contributed by atoms with Gasteiger partial charge < -0.3 is 9.32 Å². The lowest BCUT2D eigenvalue weighted by Gasteiger charge is -2.12. The van der Waals surface area contributed by atoms with E-state index in [1.54, 1.807) is 23.4 Å². The molecule has 2 heterocycles. The Labute approximate surface area is 204 Å². The molecule has 7 heteroatoms. The Morgan fingerprint density at radius 2 is 1.79 bits per heavy atom. The lowest BCUT2D eigenvalue weighted by atomic mass is 10.1. The zero-order valence-corrected chi connectivity index (χ0v) is 20.2. The molecule has 34 heavy (non-hydrogen) atoms. The number of amides is 1. The van der Waals surface area contributed by atoms with Crippen LogP contribution in [0.1, 0.15) is 23.8 Å². The first-order chi connectivity index (χ1) is 16.5. The van der Waals surface area contributed by atoms with Crippen LogP contribution in [0.4, 0.5) is 5.69 Å². The molecular weight excluding hydrogens is 444 g/mol. The topological polar surface area (TPSA) is 61.4 Å². The molecule has 0 spiro atoms. The van der Waals surface area contributed by atoms with Crippen LogP contribution in [0.15, 0.2) is 104 Å². The van der Waals surface area contributed by atoms with Crippen molar-refractivity contribution in [2.45, 2.75) is 13.5 Å². The van der Waals surface area contributed by atoms with E-state index in [1.807, 2.05) is 98.7 Å². The van der Waals surface area contributed by atoms with Crippen LogP contribution >= 0.6 is 11.8 Å². The first-order valence-corrected chi connectivity index (χ1v) is 11.7. The minimum atomic E-state index is -0.119. The normalized spacial score (nSPS) is 16.9. The van der Waals surface area contributed by atoms with Gasteiger partial charge >= 0.3 is 0 Å². The van der Waals surface area contributed by atoms with Gasteiger partial charge in [-0.1, -0.05) is 48.5 Å². The number of amidine groups is 1. The lowest BCUT2D eigenvalue weighted by molar-refractivity contribution is -0.122. The van der Waals surface area contributed by atoms with E-state index < -0.39 is 0 Å².